The van der Waals surface area contributed by atoms with E-state index in [0.717, 1.165) is 70.3 Å². The Hall–Kier alpha value is -3.97. The highest BCUT2D eigenvalue weighted by Gasteiger charge is 2.30. The van der Waals surface area contributed by atoms with Crippen LogP contribution in [0.1, 0.15) is 30.1 Å². The van der Waals surface area contributed by atoms with Crippen molar-refractivity contribution in [3.8, 4) is 11.3 Å². The fraction of sp³-hybridized carbons (Fsp3) is 0.300. The molecule has 1 aliphatic heterocycles. The molecule has 0 aliphatic carbocycles. The molecule has 1 fully saturated rings. The van der Waals surface area contributed by atoms with Crippen LogP contribution in [0.4, 0.5) is 0 Å². The molecule has 186 valence electrons. The Morgan fingerprint density at radius 1 is 0.919 bits per heavy atom. The molecular formula is C30H30N6O. The second-order valence-electron chi connectivity index (χ2n) is 10.3. The molecule has 6 aromatic rings. The summed E-state index contributed by atoms with van der Waals surface area (Å²) in [6, 6.07) is 18.0. The van der Waals surface area contributed by atoms with Crippen molar-refractivity contribution in [3.63, 3.8) is 0 Å². The number of hydrogen-bond acceptors (Lipinski definition) is 4. The van der Waals surface area contributed by atoms with E-state index in [-0.39, 0.29) is 6.04 Å². The van der Waals surface area contributed by atoms with E-state index in [4.69, 9.17) is 9.72 Å². The van der Waals surface area contributed by atoms with Crippen molar-refractivity contribution in [2.24, 2.45) is 20.0 Å². The van der Waals surface area contributed by atoms with Gasteiger partial charge in [-0.25, -0.2) is 4.98 Å². The van der Waals surface area contributed by atoms with E-state index in [9.17, 15) is 0 Å². The summed E-state index contributed by atoms with van der Waals surface area (Å²) in [6.45, 7) is 3.66. The van der Waals surface area contributed by atoms with E-state index < -0.39 is 0 Å². The van der Waals surface area contributed by atoms with Gasteiger partial charge in [-0.05, 0) is 49.4 Å². The van der Waals surface area contributed by atoms with Crippen molar-refractivity contribution >= 4 is 32.8 Å². The maximum Gasteiger partial charge on any atom is 0.0961 e. The van der Waals surface area contributed by atoms with Crippen molar-refractivity contribution in [3.05, 3.63) is 78.5 Å². The molecule has 1 atom stereocenters. The van der Waals surface area contributed by atoms with Crippen LogP contribution in [0.2, 0.25) is 0 Å². The number of pyridine rings is 1. The van der Waals surface area contributed by atoms with Crippen LogP contribution in [0.5, 0.6) is 0 Å². The van der Waals surface area contributed by atoms with Gasteiger partial charge >= 0.3 is 0 Å². The van der Waals surface area contributed by atoms with E-state index >= 15 is 0 Å². The Kier molecular flexibility index (Phi) is 5.15. The van der Waals surface area contributed by atoms with Crippen LogP contribution < -0.4 is 0 Å². The van der Waals surface area contributed by atoms with Crippen LogP contribution in [0.25, 0.3) is 44.1 Å². The summed E-state index contributed by atoms with van der Waals surface area (Å²) in [6.07, 6.45) is 7.89. The molecule has 37 heavy (non-hydrogen) atoms. The molecule has 0 N–H and O–H groups in total. The predicted octanol–water partition coefficient (Wildman–Crippen LogP) is 5.80. The quantitative estimate of drug-likeness (QED) is 0.313. The first-order chi connectivity index (χ1) is 18.1. The number of rotatable bonds is 4. The summed E-state index contributed by atoms with van der Waals surface area (Å²) in [4.78, 5) is 9.63. The normalized spacial score (nSPS) is 15.8. The number of imidazole rings is 1. The predicted molar refractivity (Wildman–Crippen MR) is 147 cm³/mol. The van der Waals surface area contributed by atoms with Crippen molar-refractivity contribution in [2.45, 2.75) is 25.8 Å². The Morgan fingerprint density at radius 3 is 2.49 bits per heavy atom. The number of fused-ring (bicyclic) bond motifs is 4. The molecule has 1 saturated heterocycles. The molecule has 0 saturated carbocycles. The van der Waals surface area contributed by atoms with Gasteiger partial charge in [0.1, 0.15) is 0 Å². The molecule has 1 aliphatic rings. The van der Waals surface area contributed by atoms with E-state index in [1.54, 1.807) is 0 Å². The third kappa shape index (κ3) is 3.49. The Bertz CT molecular complexity index is 1730. The maximum absolute atomic E-state index is 5.79. The van der Waals surface area contributed by atoms with Gasteiger partial charge in [-0.15, -0.1) is 0 Å². The number of hydrogen-bond donors (Lipinski definition) is 0. The first-order valence-corrected chi connectivity index (χ1v) is 13.0. The summed E-state index contributed by atoms with van der Waals surface area (Å²) in [5.41, 5.74) is 8.99. The van der Waals surface area contributed by atoms with Crippen LogP contribution in [-0.2, 0) is 18.8 Å². The monoisotopic (exact) mass is 490 g/mol. The minimum Gasteiger partial charge on any atom is -0.381 e. The van der Waals surface area contributed by atoms with E-state index in [0.29, 0.717) is 5.92 Å². The fourth-order valence-electron chi connectivity index (χ4n) is 6.25. The maximum atomic E-state index is 5.79. The second kappa shape index (κ2) is 8.56. The molecule has 0 spiro atoms. The van der Waals surface area contributed by atoms with Gasteiger partial charge in [0, 0.05) is 49.8 Å². The van der Waals surface area contributed by atoms with E-state index in [1.165, 1.54) is 11.1 Å². The minimum atomic E-state index is 0.170. The summed E-state index contributed by atoms with van der Waals surface area (Å²) in [5.74, 6) is 0.460. The molecule has 5 heterocycles. The zero-order valence-corrected chi connectivity index (χ0v) is 21.4. The van der Waals surface area contributed by atoms with Gasteiger partial charge in [0.2, 0.25) is 0 Å². The Morgan fingerprint density at radius 2 is 1.73 bits per heavy atom. The number of nitrogens with zero attached hydrogens (tertiary/aromatic N) is 6. The lowest BCUT2D eigenvalue weighted by atomic mass is 9.86. The van der Waals surface area contributed by atoms with Gasteiger partial charge in [-0.1, -0.05) is 30.3 Å². The van der Waals surface area contributed by atoms with Gasteiger partial charge in [0.25, 0.3) is 0 Å². The zero-order chi connectivity index (χ0) is 25.1. The van der Waals surface area contributed by atoms with Gasteiger partial charge in [-0.2, -0.15) is 5.10 Å². The molecule has 7 rings (SSSR count). The largest absolute Gasteiger partial charge is 0.381 e. The zero-order valence-electron chi connectivity index (χ0n) is 21.4. The first-order valence-electron chi connectivity index (χ1n) is 13.0. The van der Waals surface area contributed by atoms with E-state index in [2.05, 4.69) is 74.7 Å². The van der Waals surface area contributed by atoms with Crippen LogP contribution >= 0.6 is 0 Å². The van der Waals surface area contributed by atoms with Crippen molar-refractivity contribution in [1.82, 2.24) is 28.9 Å². The first kappa shape index (κ1) is 22.2. The summed E-state index contributed by atoms with van der Waals surface area (Å²) < 4.78 is 12.4. The third-order valence-corrected chi connectivity index (χ3v) is 8.03. The fourth-order valence-corrected chi connectivity index (χ4v) is 6.25. The number of benzene rings is 2. The van der Waals surface area contributed by atoms with Gasteiger partial charge in [0.15, 0.2) is 0 Å². The number of aryl methyl sites for hydroxylation is 3. The summed E-state index contributed by atoms with van der Waals surface area (Å²) in [7, 11) is 4.04. The molecule has 2 aromatic carbocycles. The van der Waals surface area contributed by atoms with Crippen LogP contribution in [0, 0.1) is 12.8 Å². The van der Waals surface area contributed by atoms with Gasteiger partial charge < -0.3 is 13.9 Å². The summed E-state index contributed by atoms with van der Waals surface area (Å²) in [5, 5.41) is 6.83. The lowest BCUT2D eigenvalue weighted by molar-refractivity contribution is 0.0553. The number of ether oxygens (including phenoxy) is 1. The topological polar surface area (TPSA) is 62.7 Å². The number of aromatic nitrogens is 6. The van der Waals surface area contributed by atoms with Crippen molar-refractivity contribution in [1.29, 1.82) is 0 Å². The van der Waals surface area contributed by atoms with Crippen molar-refractivity contribution in [2.75, 3.05) is 13.2 Å². The third-order valence-electron chi connectivity index (χ3n) is 8.03. The van der Waals surface area contributed by atoms with Crippen LogP contribution in [-0.4, -0.2) is 42.1 Å². The average molecular weight is 491 g/mol. The molecule has 0 bridgehead atoms. The lowest BCUT2D eigenvalue weighted by Gasteiger charge is -2.33. The Balaban J connectivity index is 1.58. The van der Waals surface area contributed by atoms with Crippen LogP contribution in [0.15, 0.2) is 67.3 Å². The SMILES string of the molecule is Cc1ncn(C)c1-c1cnc2c3cc4c(cnn4C)cc3n([C@H](c3ccccc3)C3CCOCC3)c2c1. The Labute approximate surface area is 215 Å². The van der Waals surface area contributed by atoms with Gasteiger partial charge in [0.05, 0.1) is 52.0 Å². The molecule has 7 nitrogen and oxygen atoms in total. The van der Waals surface area contributed by atoms with Crippen LogP contribution in [0.3, 0.4) is 0 Å². The highest BCUT2D eigenvalue weighted by Crippen LogP contribution is 2.42. The molecule has 0 radical (unpaired) electrons. The average Bonchev–Trinajstić information content (AvgIpc) is 3.57. The molecule has 0 unspecified atom stereocenters. The lowest BCUT2D eigenvalue weighted by Crippen LogP contribution is -2.26. The molecule has 4 aromatic heterocycles. The highest BCUT2D eigenvalue weighted by molar-refractivity contribution is 6.11. The van der Waals surface area contributed by atoms with E-state index in [1.807, 2.05) is 37.5 Å². The molecule has 7 heteroatoms. The smallest absolute Gasteiger partial charge is 0.0961 e. The molecule has 0 amide bonds. The molecular weight excluding hydrogens is 460 g/mol. The minimum absolute atomic E-state index is 0.170. The highest BCUT2D eigenvalue weighted by atomic mass is 16.5. The van der Waals surface area contributed by atoms with Crippen molar-refractivity contribution < 1.29 is 4.74 Å². The summed E-state index contributed by atoms with van der Waals surface area (Å²) >= 11 is 0. The van der Waals surface area contributed by atoms with Gasteiger partial charge in [-0.3, -0.25) is 9.67 Å². The standard InChI is InChI=1S/C30H30N6O/c1-19-29(34(2)18-32-19)23-14-27-28(31-16-23)24-15-25-22(17-33-35(25)3)13-26(24)36(27)30(20-7-5-4-6-8-20)21-9-11-37-12-10-21/h4-8,13-18,21,30H,9-12H2,1-3H3/t30-/m1/s1. The second-order valence-corrected chi connectivity index (χ2v) is 10.3.